The minimum atomic E-state index is -0.484. The van der Waals surface area contributed by atoms with Crippen LogP contribution in [0.4, 0.5) is 11.4 Å². The van der Waals surface area contributed by atoms with Crippen LogP contribution in [-0.2, 0) is 17.8 Å². The van der Waals surface area contributed by atoms with Gasteiger partial charge in [-0.1, -0.05) is 6.07 Å². The number of non-ortho nitro benzene ring substituents is 1. The van der Waals surface area contributed by atoms with Crippen molar-refractivity contribution < 1.29 is 19.2 Å². The van der Waals surface area contributed by atoms with Crippen molar-refractivity contribution in [1.82, 2.24) is 4.90 Å². The molecule has 0 bridgehead atoms. The minimum Gasteiger partial charge on any atom is -0.493 e. The Labute approximate surface area is 163 Å². The number of nitrogens with one attached hydrogen (secondary N) is 1. The van der Waals surface area contributed by atoms with E-state index in [4.69, 9.17) is 9.47 Å². The van der Waals surface area contributed by atoms with Crippen LogP contribution in [0.15, 0.2) is 36.4 Å². The lowest BCUT2D eigenvalue weighted by Gasteiger charge is -2.33. The maximum atomic E-state index is 12.7. The van der Waals surface area contributed by atoms with Gasteiger partial charge in [-0.3, -0.25) is 19.8 Å². The number of carbonyl (C=O) groups excluding carboxylic acids is 1. The van der Waals surface area contributed by atoms with E-state index in [1.165, 1.54) is 17.7 Å². The lowest BCUT2D eigenvalue weighted by Crippen LogP contribution is -2.44. The first kappa shape index (κ1) is 19.6. The topological polar surface area (TPSA) is 93.9 Å². The number of benzene rings is 2. The Balaban J connectivity index is 1.71. The van der Waals surface area contributed by atoms with Gasteiger partial charge in [0.25, 0.3) is 5.69 Å². The fourth-order valence-corrected chi connectivity index (χ4v) is 3.35. The summed E-state index contributed by atoms with van der Waals surface area (Å²) < 4.78 is 10.7. The number of hydrogen-bond donors (Lipinski definition) is 1. The van der Waals surface area contributed by atoms with Crippen molar-refractivity contribution in [3.05, 3.63) is 57.6 Å². The highest BCUT2D eigenvalue weighted by atomic mass is 16.6. The number of ether oxygens (including phenoxy) is 2. The summed E-state index contributed by atoms with van der Waals surface area (Å²) in [6.45, 7) is 3.17. The van der Waals surface area contributed by atoms with Crippen molar-refractivity contribution in [2.24, 2.45) is 0 Å². The minimum absolute atomic E-state index is 0.0570. The van der Waals surface area contributed by atoms with E-state index in [9.17, 15) is 14.9 Å². The highest BCUT2D eigenvalue weighted by Crippen LogP contribution is 2.33. The molecule has 8 nitrogen and oxygen atoms in total. The third-order valence-corrected chi connectivity index (χ3v) is 5.00. The van der Waals surface area contributed by atoms with Crippen LogP contribution in [0, 0.1) is 10.1 Å². The van der Waals surface area contributed by atoms with Crippen molar-refractivity contribution in [3.8, 4) is 11.5 Å². The third-order valence-electron chi connectivity index (χ3n) is 5.00. The van der Waals surface area contributed by atoms with Crippen LogP contribution in [0.5, 0.6) is 11.5 Å². The SMILES string of the molecule is COc1cc2c(cc1OC)CN(C(C)C(=O)Nc1cccc([N+](=O)[O-])c1)CC2. The van der Waals surface area contributed by atoms with Crippen molar-refractivity contribution in [1.29, 1.82) is 0 Å². The van der Waals surface area contributed by atoms with Gasteiger partial charge in [0.2, 0.25) is 5.91 Å². The average molecular weight is 385 g/mol. The Hall–Kier alpha value is -3.13. The van der Waals surface area contributed by atoms with Crippen molar-refractivity contribution in [2.75, 3.05) is 26.1 Å². The molecule has 2 aromatic rings. The Morgan fingerprint density at radius 2 is 1.86 bits per heavy atom. The molecular weight excluding hydrogens is 362 g/mol. The van der Waals surface area contributed by atoms with E-state index in [1.807, 2.05) is 19.1 Å². The van der Waals surface area contributed by atoms with Gasteiger partial charge in [-0.15, -0.1) is 0 Å². The van der Waals surface area contributed by atoms with Crippen LogP contribution < -0.4 is 14.8 Å². The standard InChI is InChI=1S/C20H23N3O5/c1-13(20(24)21-16-5-4-6-17(11-16)23(25)26)22-8-7-14-9-18(27-2)19(28-3)10-15(14)12-22/h4-6,9-11,13H,7-8,12H2,1-3H3,(H,21,24). The smallest absolute Gasteiger partial charge is 0.271 e. The molecule has 1 unspecified atom stereocenters. The molecule has 1 aliphatic heterocycles. The molecule has 0 fully saturated rings. The number of nitrogens with zero attached hydrogens (tertiary/aromatic N) is 2. The molecule has 0 aliphatic carbocycles. The van der Waals surface area contributed by atoms with Gasteiger partial charge in [-0.05, 0) is 42.7 Å². The lowest BCUT2D eigenvalue weighted by molar-refractivity contribution is -0.384. The molecule has 1 aliphatic rings. The Bertz CT molecular complexity index is 899. The highest BCUT2D eigenvalue weighted by Gasteiger charge is 2.27. The largest absolute Gasteiger partial charge is 0.493 e. The van der Waals surface area contributed by atoms with E-state index in [2.05, 4.69) is 10.2 Å². The van der Waals surface area contributed by atoms with E-state index in [-0.39, 0.29) is 17.6 Å². The number of hydrogen-bond acceptors (Lipinski definition) is 6. The number of carbonyl (C=O) groups is 1. The molecule has 1 N–H and O–H groups in total. The zero-order chi connectivity index (χ0) is 20.3. The molecule has 148 valence electrons. The van der Waals surface area contributed by atoms with E-state index >= 15 is 0 Å². The lowest BCUT2D eigenvalue weighted by atomic mass is 9.97. The molecule has 0 radical (unpaired) electrons. The molecule has 8 heteroatoms. The number of methoxy groups -OCH3 is 2. The first-order chi connectivity index (χ1) is 13.4. The Kier molecular flexibility index (Phi) is 5.79. The Morgan fingerprint density at radius 3 is 2.50 bits per heavy atom. The second-order valence-electron chi connectivity index (χ2n) is 6.67. The van der Waals surface area contributed by atoms with Gasteiger partial charge in [0.05, 0.1) is 25.2 Å². The molecule has 3 rings (SSSR count). The summed E-state index contributed by atoms with van der Waals surface area (Å²) >= 11 is 0. The van der Waals surface area contributed by atoms with Crippen molar-refractivity contribution in [2.45, 2.75) is 25.9 Å². The van der Waals surface area contributed by atoms with Gasteiger partial charge in [-0.25, -0.2) is 0 Å². The predicted octanol–water partition coefficient (Wildman–Crippen LogP) is 3.00. The van der Waals surface area contributed by atoms with Gasteiger partial charge >= 0.3 is 0 Å². The van der Waals surface area contributed by atoms with Crippen LogP contribution in [0.2, 0.25) is 0 Å². The van der Waals surface area contributed by atoms with Gasteiger partial charge < -0.3 is 14.8 Å². The van der Waals surface area contributed by atoms with Crippen LogP contribution in [0.3, 0.4) is 0 Å². The second-order valence-corrected chi connectivity index (χ2v) is 6.67. The maximum Gasteiger partial charge on any atom is 0.271 e. The molecule has 1 heterocycles. The van der Waals surface area contributed by atoms with Crippen LogP contribution in [-0.4, -0.2) is 42.5 Å². The molecule has 0 aromatic heterocycles. The van der Waals surface area contributed by atoms with Crippen LogP contribution >= 0.6 is 0 Å². The molecule has 0 spiro atoms. The van der Waals surface area contributed by atoms with Gasteiger partial charge in [0.1, 0.15) is 0 Å². The third kappa shape index (κ3) is 4.07. The van der Waals surface area contributed by atoms with Gasteiger partial charge in [-0.2, -0.15) is 0 Å². The summed E-state index contributed by atoms with van der Waals surface area (Å²) in [5, 5.41) is 13.7. The predicted molar refractivity (Wildman–Crippen MR) is 105 cm³/mol. The first-order valence-electron chi connectivity index (χ1n) is 8.96. The number of rotatable bonds is 6. The first-order valence-corrected chi connectivity index (χ1v) is 8.96. The van der Waals surface area contributed by atoms with Crippen molar-refractivity contribution >= 4 is 17.3 Å². The van der Waals surface area contributed by atoms with Gasteiger partial charge in [0.15, 0.2) is 11.5 Å². The quantitative estimate of drug-likeness (QED) is 0.607. The van der Waals surface area contributed by atoms with Crippen molar-refractivity contribution in [3.63, 3.8) is 0 Å². The van der Waals surface area contributed by atoms with E-state index in [0.29, 0.717) is 23.7 Å². The fraction of sp³-hybridized carbons (Fsp3) is 0.350. The highest BCUT2D eigenvalue weighted by molar-refractivity contribution is 5.94. The number of anilines is 1. The van der Waals surface area contributed by atoms with E-state index in [1.54, 1.807) is 26.4 Å². The molecular formula is C20H23N3O5. The zero-order valence-electron chi connectivity index (χ0n) is 16.1. The summed E-state index contributed by atoms with van der Waals surface area (Å²) in [5.74, 6) is 1.16. The Morgan fingerprint density at radius 1 is 1.18 bits per heavy atom. The average Bonchev–Trinajstić information content (AvgIpc) is 2.71. The normalized spacial score (nSPS) is 14.7. The molecule has 2 aromatic carbocycles. The number of fused-ring (bicyclic) bond motifs is 1. The zero-order valence-corrected chi connectivity index (χ0v) is 16.1. The summed E-state index contributed by atoms with van der Waals surface area (Å²) in [6, 6.07) is 9.48. The molecule has 0 saturated carbocycles. The second kappa shape index (κ2) is 8.26. The van der Waals surface area contributed by atoms with E-state index < -0.39 is 4.92 Å². The summed E-state index contributed by atoms with van der Waals surface area (Å²) in [4.78, 5) is 25.1. The number of amides is 1. The maximum absolute atomic E-state index is 12.7. The number of nitro groups is 1. The monoisotopic (exact) mass is 385 g/mol. The number of nitro benzene ring substituents is 1. The fourth-order valence-electron chi connectivity index (χ4n) is 3.35. The summed E-state index contributed by atoms with van der Waals surface area (Å²) in [6.07, 6.45) is 0.796. The summed E-state index contributed by atoms with van der Waals surface area (Å²) in [7, 11) is 3.21. The van der Waals surface area contributed by atoms with Crippen LogP contribution in [0.1, 0.15) is 18.1 Å². The summed E-state index contributed by atoms with van der Waals surface area (Å²) in [5.41, 5.74) is 2.63. The molecule has 28 heavy (non-hydrogen) atoms. The van der Waals surface area contributed by atoms with E-state index in [0.717, 1.165) is 18.5 Å². The molecule has 1 amide bonds. The molecule has 1 atom stereocenters. The molecule has 0 saturated heterocycles. The van der Waals surface area contributed by atoms with Crippen LogP contribution in [0.25, 0.3) is 0 Å². The van der Waals surface area contributed by atoms with Gasteiger partial charge in [0, 0.05) is 30.9 Å².